The number of rotatable bonds is 5. The Labute approximate surface area is 161 Å². The van der Waals surface area contributed by atoms with Crippen molar-refractivity contribution < 1.29 is 29.0 Å². The fourth-order valence-corrected chi connectivity index (χ4v) is 3.50. The molecule has 1 saturated heterocycles. The number of ether oxygens (including phenoxy) is 1. The molecule has 0 saturated carbocycles. The SMILES string of the molecule is CCC(=O)Nc1ccc(C(=O)NNC(=O)[C@H]2[C@@H](C(=O)O)[C@H]3C=C[C@@]2(C)O3)cc1. The van der Waals surface area contributed by atoms with E-state index in [9.17, 15) is 24.3 Å². The minimum absolute atomic E-state index is 0.145. The van der Waals surface area contributed by atoms with Crippen molar-refractivity contribution in [2.45, 2.75) is 32.0 Å². The van der Waals surface area contributed by atoms with Gasteiger partial charge in [0.25, 0.3) is 5.91 Å². The van der Waals surface area contributed by atoms with Gasteiger partial charge in [-0.1, -0.05) is 19.1 Å². The number of hydrazine groups is 1. The topological polar surface area (TPSA) is 134 Å². The van der Waals surface area contributed by atoms with Gasteiger partial charge in [0.15, 0.2) is 0 Å². The molecule has 4 N–H and O–H groups in total. The zero-order valence-electron chi connectivity index (χ0n) is 15.4. The van der Waals surface area contributed by atoms with Crippen LogP contribution < -0.4 is 16.2 Å². The first kappa shape index (κ1) is 19.6. The molecular weight excluding hydrogens is 366 g/mol. The van der Waals surface area contributed by atoms with Crippen molar-refractivity contribution in [2.24, 2.45) is 11.8 Å². The smallest absolute Gasteiger partial charge is 0.310 e. The number of carboxylic acid groups (broad SMARTS) is 1. The van der Waals surface area contributed by atoms with E-state index < -0.39 is 41.3 Å². The number of carbonyl (C=O) groups is 4. The van der Waals surface area contributed by atoms with Gasteiger partial charge in [-0.3, -0.25) is 30.0 Å². The van der Waals surface area contributed by atoms with Gasteiger partial charge in [0.2, 0.25) is 11.8 Å². The van der Waals surface area contributed by atoms with Crippen molar-refractivity contribution in [3.8, 4) is 0 Å². The molecule has 4 atom stereocenters. The fourth-order valence-electron chi connectivity index (χ4n) is 3.50. The third-order valence-electron chi connectivity index (χ3n) is 4.96. The number of carboxylic acids is 1. The van der Waals surface area contributed by atoms with Crippen LogP contribution in [0.1, 0.15) is 30.6 Å². The van der Waals surface area contributed by atoms with Crippen molar-refractivity contribution in [2.75, 3.05) is 5.32 Å². The number of nitrogens with one attached hydrogen (secondary N) is 3. The van der Waals surface area contributed by atoms with E-state index in [1.807, 2.05) is 0 Å². The lowest BCUT2D eigenvalue weighted by atomic mass is 9.76. The highest BCUT2D eigenvalue weighted by Gasteiger charge is 2.59. The van der Waals surface area contributed by atoms with Crippen molar-refractivity contribution in [3.63, 3.8) is 0 Å². The first-order chi connectivity index (χ1) is 13.2. The summed E-state index contributed by atoms with van der Waals surface area (Å²) < 4.78 is 5.61. The van der Waals surface area contributed by atoms with E-state index in [2.05, 4.69) is 16.2 Å². The van der Waals surface area contributed by atoms with E-state index in [1.165, 1.54) is 12.1 Å². The Bertz CT molecular complexity index is 850. The monoisotopic (exact) mass is 387 g/mol. The summed E-state index contributed by atoms with van der Waals surface area (Å²) in [5.74, 6) is -4.47. The van der Waals surface area contributed by atoms with Gasteiger partial charge in [-0.25, -0.2) is 0 Å². The Kier molecular flexibility index (Phi) is 5.19. The summed E-state index contributed by atoms with van der Waals surface area (Å²) in [4.78, 5) is 47.7. The average Bonchev–Trinajstić information content (AvgIpc) is 3.19. The largest absolute Gasteiger partial charge is 0.481 e. The van der Waals surface area contributed by atoms with E-state index in [4.69, 9.17) is 4.74 Å². The van der Waals surface area contributed by atoms with Crippen LogP contribution in [0.25, 0.3) is 0 Å². The highest BCUT2D eigenvalue weighted by Crippen LogP contribution is 2.46. The second-order valence-electron chi connectivity index (χ2n) is 6.89. The highest BCUT2D eigenvalue weighted by molar-refractivity contribution is 5.97. The minimum Gasteiger partial charge on any atom is -0.481 e. The summed E-state index contributed by atoms with van der Waals surface area (Å²) in [7, 11) is 0. The van der Waals surface area contributed by atoms with E-state index in [1.54, 1.807) is 38.1 Å². The zero-order valence-corrected chi connectivity index (χ0v) is 15.4. The van der Waals surface area contributed by atoms with Crippen LogP contribution in [0.2, 0.25) is 0 Å². The standard InChI is InChI=1S/C19H21N3O6/c1-3-13(23)20-11-6-4-10(5-7-11)16(24)21-22-17(25)15-14(18(26)27)12-8-9-19(15,2)28-12/h4-9,12,14-15H,3H2,1-2H3,(H,20,23)(H,21,24)(H,22,25)(H,26,27)/t12-,14+,15-,19-/m1/s1. The molecule has 0 aromatic heterocycles. The van der Waals surface area contributed by atoms with E-state index in [0.29, 0.717) is 12.1 Å². The van der Waals surface area contributed by atoms with Crippen LogP contribution in [0, 0.1) is 11.8 Å². The molecule has 0 radical (unpaired) electrons. The first-order valence-corrected chi connectivity index (χ1v) is 8.85. The Balaban J connectivity index is 1.61. The molecule has 0 spiro atoms. The van der Waals surface area contributed by atoms with Crippen molar-refractivity contribution in [3.05, 3.63) is 42.0 Å². The van der Waals surface area contributed by atoms with Crippen LogP contribution in [-0.2, 0) is 19.1 Å². The average molecular weight is 387 g/mol. The molecule has 2 heterocycles. The second kappa shape index (κ2) is 7.43. The van der Waals surface area contributed by atoms with E-state index in [-0.39, 0.29) is 11.5 Å². The second-order valence-corrected chi connectivity index (χ2v) is 6.89. The number of fused-ring (bicyclic) bond motifs is 2. The number of aliphatic carboxylic acids is 1. The minimum atomic E-state index is -1.13. The summed E-state index contributed by atoms with van der Waals surface area (Å²) >= 11 is 0. The third-order valence-corrected chi connectivity index (χ3v) is 4.96. The Morgan fingerprint density at radius 2 is 1.82 bits per heavy atom. The van der Waals surface area contributed by atoms with Gasteiger partial charge < -0.3 is 15.2 Å². The maximum absolute atomic E-state index is 12.5. The lowest BCUT2D eigenvalue weighted by molar-refractivity contribution is -0.147. The first-order valence-electron chi connectivity index (χ1n) is 8.85. The maximum Gasteiger partial charge on any atom is 0.310 e. The van der Waals surface area contributed by atoms with E-state index in [0.717, 1.165) is 0 Å². The van der Waals surface area contributed by atoms with Gasteiger partial charge in [0.05, 0.1) is 17.6 Å². The quantitative estimate of drug-likeness (QED) is 0.437. The molecule has 3 amide bonds. The third kappa shape index (κ3) is 3.61. The van der Waals surface area contributed by atoms with Crippen LogP contribution in [0.5, 0.6) is 0 Å². The van der Waals surface area contributed by atoms with Gasteiger partial charge in [0, 0.05) is 17.7 Å². The van der Waals surface area contributed by atoms with Gasteiger partial charge in [0.1, 0.15) is 5.92 Å². The molecular formula is C19H21N3O6. The number of benzene rings is 1. The predicted molar refractivity (Wildman–Crippen MR) is 98.0 cm³/mol. The molecule has 2 aliphatic heterocycles. The van der Waals surface area contributed by atoms with E-state index >= 15 is 0 Å². The normalized spacial score (nSPS) is 27.3. The summed E-state index contributed by atoms with van der Waals surface area (Å²) in [5.41, 5.74) is 4.36. The fraction of sp³-hybridized carbons (Fsp3) is 0.368. The van der Waals surface area contributed by atoms with Crippen LogP contribution in [-0.4, -0.2) is 40.5 Å². The predicted octanol–water partition coefficient (Wildman–Crippen LogP) is 0.840. The van der Waals surface area contributed by atoms with Crippen LogP contribution >= 0.6 is 0 Å². The van der Waals surface area contributed by atoms with Crippen LogP contribution in [0.15, 0.2) is 36.4 Å². The molecule has 2 bridgehead atoms. The lowest BCUT2D eigenvalue weighted by Crippen LogP contribution is -2.52. The molecule has 0 aliphatic carbocycles. The Morgan fingerprint density at radius 3 is 2.43 bits per heavy atom. The number of hydrogen-bond donors (Lipinski definition) is 4. The highest BCUT2D eigenvalue weighted by atomic mass is 16.5. The molecule has 9 heteroatoms. The maximum atomic E-state index is 12.5. The Morgan fingerprint density at radius 1 is 1.14 bits per heavy atom. The number of carbonyl (C=O) groups excluding carboxylic acids is 3. The number of hydrogen-bond acceptors (Lipinski definition) is 5. The molecule has 1 aromatic carbocycles. The molecule has 0 unspecified atom stereocenters. The van der Waals surface area contributed by atoms with Gasteiger partial charge in [-0.05, 0) is 31.2 Å². The van der Waals surface area contributed by atoms with Gasteiger partial charge in [-0.2, -0.15) is 0 Å². The lowest BCUT2D eigenvalue weighted by Gasteiger charge is -2.27. The molecule has 2 aliphatic rings. The van der Waals surface area contributed by atoms with Gasteiger partial charge in [-0.15, -0.1) is 0 Å². The summed E-state index contributed by atoms with van der Waals surface area (Å²) in [5, 5.41) is 12.1. The molecule has 1 aromatic rings. The molecule has 9 nitrogen and oxygen atoms in total. The van der Waals surface area contributed by atoms with Crippen molar-refractivity contribution in [1.29, 1.82) is 0 Å². The Hall–Kier alpha value is -3.20. The molecule has 148 valence electrons. The molecule has 1 fully saturated rings. The van der Waals surface area contributed by atoms with Crippen LogP contribution in [0.4, 0.5) is 5.69 Å². The molecule has 3 rings (SSSR count). The summed E-state index contributed by atoms with van der Waals surface area (Å²) in [6.07, 6.45) is 2.98. The summed E-state index contributed by atoms with van der Waals surface area (Å²) in [6, 6.07) is 6.13. The van der Waals surface area contributed by atoms with Crippen molar-refractivity contribution >= 4 is 29.4 Å². The molecule has 28 heavy (non-hydrogen) atoms. The number of amides is 3. The number of anilines is 1. The zero-order chi connectivity index (χ0) is 20.5. The van der Waals surface area contributed by atoms with Crippen LogP contribution in [0.3, 0.4) is 0 Å². The summed E-state index contributed by atoms with van der Waals surface area (Å²) in [6.45, 7) is 3.37. The van der Waals surface area contributed by atoms with Crippen molar-refractivity contribution in [1.82, 2.24) is 10.9 Å². The van der Waals surface area contributed by atoms with Gasteiger partial charge >= 0.3 is 5.97 Å².